The molecule has 0 aliphatic carbocycles. The first-order valence-corrected chi connectivity index (χ1v) is 7.26. The van der Waals surface area contributed by atoms with E-state index in [4.69, 9.17) is 4.74 Å². The maximum atomic E-state index is 5.85. The highest BCUT2D eigenvalue weighted by molar-refractivity contribution is 5.10. The summed E-state index contributed by atoms with van der Waals surface area (Å²) in [5.41, 5.74) is 0.143. The number of hydrogen-bond acceptors (Lipinski definition) is 4. The predicted molar refractivity (Wildman–Crippen MR) is 72.7 cm³/mol. The SMILES string of the molecule is CC1CCOC1c1nnc2n1CCNC2C(C)(C)C. The highest BCUT2D eigenvalue weighted by Crippen LogP contribution is 2.38. The molecule has 1 saturated heterocycles. The van der Waals surface area contributed by atoms with Crippen molar-refractivity contribution in [1.82, 2.24) is 20.1 Å². The van der Waals surface area contributed by atoms with Gasteiger partial charge < -0.3 is 14.6 Å². The van der Waals surface area contributed by atoms with Gasteiger partial charge in [-0.2, -0.15) is 0 Å². The van der Waals surface area contributed by atoms with Crippen LogP contribution in [0, 0.1) is 11.3 Å². The van der Waals surface area contributed by atoms with Crippen molar-refractivity contribution in [2.75, 3.05) is 13.2 Å². The van der Waals surface area contributed by atoms with Gasteiger partial charge in [-0.3, -0.25) is 0 Å². The molecular formula is C14H24N4O. The largest absolute Gasteiger partial charge is 0.370 e. The lowest BCUT2D eigenvalue weighted by molar-refractivity contribution is 0.0824. The molecule has 0 saturated carbocycles. The summed E-state index contributed by atoms with van der Waals surface area (Å²) in [6.45, 7) is 11.7. The Morgan fingerprint density at radius 1 is 1.26 bits per heavy atom. The maximum Gasteiger partial charge on any atom is 0.162 e. The topological polar surface area (TPSA) is 52.0 Å². The van der Waals surface area contributed by atoms with Crippen molar-refractivity contribution in [2.45, 2.75) is 52.8 Å². The fourth-order valence-electron chi connectivity index (χ4n) is 3.11. The minimum Gasteiger partial charge on any atom is -0.370 e. The van der Waals surface area contributed by atoms with Crippen LogP contribution in [-0.2, 0) is 11.3 Å². The van der Waals surface area contributed by atoms with Gasteiger partial charge in [0.05, 0.1) is 6.04 Å². The lowest BCUT2D eigenvalue weighted by atomic mass is 9.85. The van der Waals surface area contributed by atoms with Crippen LogP contribution in [0.4, 0.5) is 0 Å². The summed E-state index contributed by atoms with van der Waals surface area (Å²) in [6.07, 6.45) is 1.24. The maximum absolute atomic E-state index is 5.85. The van der Waals surface area contributed by atoms with E-state index in [-0.39, 0.29) is 17.6 Å². The van der Waals surface area contributed by atoms with Gasteiger partial charge >= 0.3 is 0 Å². The quantitative estimate of drug-likeness (QED) is 0.843. The normalized spacial score (nSPS) is 31.5. The Morgan fingerprint density at radius 3 is 2.63 bits per heavy atom. The third-order valence-electron chi connectivity index (χ3n) is 4.26. The molecule has 1 fully saturated rings. The summed E-state index contributed by atoms with van der Waals surface area (Å²) < 4.78 is 8.13. The van der Waals surface area contributed by atoms with Gasteiger partial charge in [-0.25, -0.2) is 0 Å². The van der Waals surface area contributed by atoms with Crippen molar-refractivity contribution in [3.63, 3.8) is 0 Å². The molecule has 3 heterocycles. The molecular weight excluding hydrogens is 240 g/mol. The average molecular weight is 264 g/mol. The smallest absolute Gasteiger partial charge is 0.162 e. The van der Waals surface area contributed by atoms with Crippen molar-refractivity contribution in [2.24, 2.45) is 11.3 Å². The van der Waals surface area contributed by atoms with Crippen LogP contribution in [-0.4, -0.2) is 27.9 Å². The molecule has 19 heavy (non-hydrogen) atoms. The number of fused-ring (bicyclic) bond motifs is 1. The van der Waals surface area contributed by atoms with E-state index < -0.39 is 0 Å². The van der Waals surface area contributed by atoms with Crippen LogP contribution >= 0.6 is 0 Å². The number of rotatable bonds is 1. The van der Waals surface area contributed by atoms with Crippen molar-refractivity contribution in [1.29, 1.82) is 0 Å². The molecule has 0 radical (unpaired) electrons. The predicted octanol–water partition coefficient (Wildman–Crippen LogP) is 2.07. The molecule has 5 heteroatoms. The fraction of sp³-hybridized carbons (Fsp3) is 0.857. The number of hydrogen-bond donors (Lipinski definition) is 1. The van der Waals surface area contributed by atoms with Crippen molar-refractivity contribution in [3.8, 4) is 0 Å². The summed E-state index contributed by atoms with van der Waals surface area (Å²) in [7, 11) is 0. The lowest BCUT2D eigenvalue weighted by Crippen LogP contribution is -2.41. The average Bonchev–Trinajstić information content (AvgIpc) is 2.92. The van der Waals surface area contributed by atoms with Crippen LogP contribution in [0.2, 0.25) is 0 Å². The molecule has 1 N–H and O–H groups in total. The molecule has 1 aromatic heterocycles. The van der Waals surface area contributed by atoms with E-state index in [2.05, 4.69) is 47.8 Å². The summed E-state index contributed by atoms with van der Waals surface area (Å²) in [4.78, 5) is 0. The number of nitrogens with one attached hydrogen (secondary N) is 1. The van der Waals surface area contributed by atoms with Crippen LogP contribution in [0.15, 0.2) is 0 Å². The molecule has 0 aromatic carbocycles. The molecule has 2 aliphatic heterocycles. The van der Waals surface area contributed by atoms with Gasteiger partial charge in [0.15, 0.2) is 11.6 Å². The van der Waals surface area contributed by atoms with Gasteiger partial charge in [0.2, 0.25) is 0 Å². The van der Waals surface area contributed by atoms with E-state index in [0.29, 0.717) is 5.92 Å². The molecule has 0 spiro atoms. The zero-order valence-electron chi connectivity index (χ0n) is 12.3. The van der Waals surface area contributed by atoms with Crippen LogP contribution in [0.25, 0.3) is 0 Å². The van der Waals surface area contributed by atoms with Crippen LogP contribution in [0.3, 0.4) is 0 Å². The highest BCUT2D eigenvalue weighted by atomic mass is 16.5. The molecule has 0 amide bonds. The molecule has 0 bridgehead atoms. The van der Waals surface area contributed by atoms with Crippen molar-refractivity contribution >= 4 is 0 Å². The minimum atomic E-state index is 0.125. The van der Waals surface area contributed by atoms with E-state index in [0.717, 1.165) is 37.8 Å². The Balaban J connectivity index is 1.96. The highest BCUT2D eigenvalue weighted by Gasteiger charge is 2.37. The molecule has 3 unspecified atom stereocenters. The minimum absolute atomic E-state index is 0.125. The standard InChI is InChI=1S/C14H24N4O/c1-9-5-8-19-10(9)12-16-17-13-11(14(2,3)4)15-6-7-18(12)13/h9-11,15H,5-8H2,1-4H3. The Labute approximate surface area is 114 Å². The van der Waals surface area contributed by atoms with E-state index in [9.17, 15) is 0 Å². The van der Waals surface area contributed by atoms with Crippen LogP contribution in [0.1, 0.15) is 57.9 Å². The molecule has 106 valence electrons. The van der Waals surface area contributed by atoms with Gasteiger partial charge in [0, 0.05) is 19.7 Å². The zero-order chi connectivity index (χ0) is 13.6. The van der Waals surface area contributed by atoms with Crippen LogP contribution in [0.5, 0.6) is 0 Å². The van der Waals surface area contributed by atoms with E-state index in [1.54, 1.807) is 0 Å². The summed E-state index contributed by atoms with van der Waals surface area (Å²) >= 11 is 0. The second-order valence-electron chi connectivity index (χ2n) is 6.88. The van der Waals surface area contributed by atoms with E-state index in [1.165, 1.54) is 0 Å². The Kier molecular flexibility index (Phi) is 3.14. The first-order chi connectivity index (χ1) is 8.98. The molecule has 1 aromatic rings. The number of aromatic nitrogens is 3. The zero-order valence-corrected chi connectivity index (χ0v) is 12.3. The molecule has 3 rings (SSSR count). The van der Waals surface area contributed by atoms with Crippen molar-refractivity contribution < 1.29 is 4.74 Å². The Hall–Kier alpha value is -0.940. The van der Waals surface area contributed by atoms with Crippen molar-refractivity contribution in [3.05, 3.63) is 11.6 Å². The summed E-state index contributed by atoms with van der Waals surface area (Å²) in [5.74, 6) is 2.63. The second kappa shape index (κ2) is 4.56. The van der Waals surface area contributed by atoms with Crippen LogP contribution < -0.4 is 5.32 Å². The molecule has 3 atom stereocenters. The lowest BCUT2D eigenvalue weighted by Gasteiger charge is -2.35. The fourth-order valence-corrected chi connectivity index (χ4v) is 3.11. The first-order valence-electron chi connectivity index (χ1n) is 7.26. The van der Waals surface area contributed by atoms with E-state index >= 15 is 0 Å². The third-order valence-corrected chi connectivity index (χ3v) is 4.26. The first kappa shape index (κ1) is 13.1. The van der Waals surface area contributed by atoms with Gasteiger partial charge in [-0.1, -0.05) is 27.7 Å². The van der Waals surface area contributed by atoms with E-state index in [1.807, 2.05) is 0 Å². The number of nitrogens with zero attached hydrogens (tertiary/aromatic N) is 3. The van der Waals surface area contributed by atoms with Gasteiger partial charge in [0.25, 0.3) is 0 Å². The Bertz CT molecular complexity index is 449. The second-order valence-corrected chi connectivity index (χ2v) is 6.88. The molecule has 2 aliphatic rings. The summed E-state index contributed by atoms with van der Waals surface area (Å²) in [5, 5.41) is 12.5. The van der Waals surface area contributed by atoms with Gasteiger partial charge in [-0.15, -0.1) is 10.2 Å². The Morgan fingerprint density at radius 2 is 2.00 bits per heavy atom. The van der Waals surface area contributed by atoms with Gasteiger partial charge in [-0.05, 0) is 17.8 Å². The monoisotopic (exact) mass is 264 g/mol. The third kappa shape index (κ3) is 2.19. The van der Waals surface area contributed by atoms with Gasteiger partial charge in [0.1, 0.15) is 6.10 Å². The summed E-state index contributed by atoms with van der Waals surface area (Å²) in [6, 6.07) is 0.263. The number of ether oxygens (including phenoxy) is 1. The molecule has 5 nitrogen and oxygen atoms in total.